The van der Waals surface area contributed by atoms with Gasteiger partial charge in [-0.15, -0.1) is 0 Å². The molecule has 1 aromatic heterocycles. The molecule has 0 saturated heterocycles. The predicted octanol–water partition coefficient (Wildman–Crippen LogP) is 4.75. The van der Waals surface area contributed by atoms with Gasteiger partial charge < -0.3 is 15.0 Å². The number of aromatic hydroxyl groups is 1. The van der Waals surface area contributed by atoms with E-state index in [1.54, 1.807) is 18.2 Å². The number of phenols is 1. The van der Waals surface area contributed by atoms with Gasteiger partial charge in [-0.25, -0.2) is 0 Å². The van der Waals surface area contributed by atoms with Crippen molar-refractivity contribution in [1.82, 2.24) is 4.57 Å². The molecule has 146 valence electrons. The van der Waals surface area contributed by atoms with Gasteiger partial charge in [-0.2, -0.15) is 18.4 Å². The molecule has 0 radical (unpaired) electrons. The first-order chi connectivity index (χ1) is 13.8. The number of aromatic nitrogens is 1. The first-order valence-electron chi connectivity index (χ1n) is 8.35. The van der Waals surface area contributed by atoms with Crippen LogP contribution in [0.3, 0.4) is 0 Å². The van der Waals surface area contributed by atoms with E-state index in [2.05, 4.69) is 5.32 Å². The first-order valence-corrected chi connectivity index (χ1v) is 8.35. The van der Waals surface area contributed by atoms with Crippen LogP contribution in [-0.4, -0.2) is 15.6 Å². The second-order valence-electron chi connectivity index (χ2n) is 6.02. The Morgan fingerprint density at radius 2 is 1.83 bits per heavy atom. The molecule has 1 heterocycles. The minimum Gasteiger partial charge on any atom is -0.508 e. The van der Waals surface area contributed by atoms with Crippen molar-refractivity contribution in [3.63, 3.8) is 0 Å². The number of phenolic OH excluding ortho intramolecular Hbond substituents is 1. The van der Waals surface area contributed by atoms with Crippen LogP contribution in [0.5, 0.6) is 5.75 Å². The van der Waals surface area contributed by atoms with E-state index in [0.29, 0.717) is 11.4 Å². The van der Waals surface area contributed by atoms with Crippen LogP contribution in [0.15, 0.2) is 72.4 Å². The number of nitrogens with one attached hydrogen (secondary N) is 1. The molecule has 0 fully saturated rings. The topological polar surface area (TPSA) is 78.0 Å². The fraction of sp³-hybridized carbons (Fsp3) is 0.0476. The van der Waals surface area contributed by atoms with Crippen molar-refractivity contribution in [2.24, 2.45) is 0 Å². The number of hydrogen-bond acceptors (Lipinski definition) is 3. The third-order valence-corrected chi connectivity index (χ3v) is 4.01. The summed E-state index contributed by atoms with van der Waals surface area (Å²) in [5, 5.41) is 21.2. The molecule has 1 amide bonds. The average Bonchev–Trinajstić information content (AvgIpc) is 3.15. The van der Waals surface area contributed by atoms with Crippen LogP contribution in [0.2, 0.25) is 0 Å². The number of rotatable bonds is 4. The van der Waals surface area contributed by atoms with E-state index in [-0.39, 0.29) is 17.0 Å². The molecule has 0 saturated carbocycles. The van der Waals surface area contributed by atoms with Crippen LogP contribution >= 0.6 is 0 Å². The van der Waals surface area contributed by atoms with Gasteiger partial charge in [-0.05, 0) is 60.7 Å². The fourth-order valence-corrected chi connectivity index (χ4v) is 2.62. The van der Waals surface area contributed by atoms with E-state index >= 15 is 0 Å². The molecule has 3 aromatic rings. The number of alkyl halides is 3. The van der Waals surface area contributed by atoms with Crippen LogP contribution in [0.4, 0.5) is 18.9 Å². The summed E-state index contributed by atoms with van der Waals surface area (Å²) in [4.78, 5) is 12.4. The minimum absolute atomic E-state index is 0.0259. The Morgan fingerprint density at radius 1 is 1.10 bits per heavy atom. The highest BCUT2D eigenvalue weighted by Crippen LogP contribution is 2.30. The SMILES string of the molecule is N#C/C(=C/c1cccn1-c1cccc(C(F)(F)F)c1)C(=O)Nc1ccc(O)cc1. The van der Waals surface area contributed by atoms with Crippen LogP contribution in [0.1, 0.15) is 11.3 Å². The van der Waals surface area contributed by atoms with Crippen molar-refractivity contribution in [1.29, 1.82) is 5.26 Å². The second-order valence-corrected chi connectivity index (χ2v) is 6.02. The Balaban J connectivity index is 1.91. The number of halogens is 3. The van der Waals surface area contributed by atoms with Gasteiger partial charge in [0.15, 0.2) is 0 Å². The number of benzene rings is 2. The maximum Gasteiger partial charge on any atom is 0.416 e. The van der Waals surface area contributed by atoms with Gasteiger partial charge in [0.05, 0.1) is 5.56 Å². The van der Waals surface area contributed by atoms with E-state index in [0.717, 1.165) is 12.1 Å². The zero-order valence-electron chi connectivity index (χ0n) is 14.8. The number of amides is 1. The largest absolute Gasteiger partial charge is 0.508 e. The average molecular weight is 397 g/mol. The van der Waals surface area contributed by atoms with Crippen LogP contribution in [-0.2, 0) is 11.0 Å². The van der Waals surface area contributed by atoms with Crippen molar-refractivity contribution in [3.8, 4) is 17.5 Å². The molecule has 5 nitrogen and oxygen atoms in total. The second kappa shape index (κ2) is 7.94. The Bertz CT molecular complexity index is 1110. The molecule has 0 aliphatic rings. The molecule has 0 aliphatic carbocycles. The molecule has 8 heteroatoms. The quantitative estimate of drug-likeness (QED) is 0.379. The van der Waals surface area contributed by atoms with Crippen molar-refractivity contribution < 1.29 is 23.1 Å². The van der Waals surface area contributed by atoms with Crippen molar-refractivity contribution >= 4 is 17.7 Å². The lowest BCUT2D eigenvalue weighted by Crippen LogP contribution is -2.13. The van der Waals surface area contributed by atoms with Gasteiger partial charge in [0.1, 0.15) is 17.4 Å². The molecule has 0 atom stereocenters. The number of carbonyl (C=O) groups is 1. The minimum atomic E-state index is -4.49. The Labute approximate surface area is 163 Å². The predicted molar refractivity (Wildman–Crippen MR) is 101 cm³/mol. The third kappa shape index (κ3) is 4.65. The van der Waals surface area contributed by atoms with Crippen LogP contribution in [0, 0.1) is 11.3 Å². The first kappa shape index (κ1) is 19.8. The maximum absolute atomic E-state index is 13.0. The standard InChI is InChI=1S/C21H14F3N3O2/c22-21(23,24)15-3-1-4-18(12-15)27-10-2-5-17(27)11-14(13-25)20(29)26-16-6-8-19(28)9-7-16/h1-12,28H,(H,26,29)/b14-11-. The van der Waals surface area contributed by atoms with Gasteiger partial charge in [0.2, 0.25) is 0 Å². The van der Waals surface area contributed by atoms with Gasteiger partial charge in [0, 0.05) is 23.3 Å². The molecule has 2 N–H and O–H groups in total. The van der Waals surface area contributed by atoms with E-state index < -0.39 is 17.6 Å². The number of hydrogen-bond donors (Lipinski definition) is 2. The van der Waals surface area contributed by atoms with Crippen molar-refractivity contribution in [3.05, 3.63) is 83.7 Å². The third-order valence-electron chi connectivity index (χ3n) is 4.01. The normalized spacial score (nSPS) is 11.7. The summed E-state index contributed by atoms with van der Waals surface area (Å²) in [5.74, 6) is -0.659. The molecule has 3 rings (SSSR count). The Morgan fingerprint density at radius 3 is 2.48 bits per heavy atom. The van der Waals surface area contributed by atoms with Crippen molar-refractivity contribution in [2.45, 2.75) is 6.18 Å². The van der Waals surface area contributed by atoms with Crippen LogP contribution in [0.25, 0.3) is 11.8 Å². The lowest BCUT2D eigenvalue weighted by molar-refractivity contribution is -0.137. The zero-order chi connectivity index (χ0) is 21.0. The highest BCUT2D eigenvalue weighted by molar-refractivity contribution is 6.09. The summed E-state index contributed by atoms with van der Waals surface area (Å²) >= 11 is 0. The molecular weight excluding hydrogens is 383 g/mol. The smallest absolute Gasteiger partial charge is 0.416 e. The van der Waals surface area contributed by atoms with E-state index in [1.165, 1.54) is 53.2 Å². The molecule has 0 aliphatic heterocycles. The Hall–Kier alpha value is -3.99. The van der Waals surface area contributed by atoms with Gasteiger partial charge in [-0.3, -0.25) is 4.79 Å². The van der Waals surface area contributed by atoms with Gasteiger partial charge >= 0.3 is 6.18 Å². The highest BCUT2D eigenvalue weighted by Gasteiger charge is 2.30. The van der Waals surface area contributed by atoms with E-state index in [4.69, 9.17) is 0 Å². The van der Waals surface area contributed by atoms with Gasteiger partial charge in [0.25, 0.3) is 5.91 Å². The molecule has 0 spiro atoms. The summed E-state index contributed by atoms with van der Waals surface area (Å²) in [6, 6.07) is 15.4. The number of nitrogens with zero attached hydrogens (tertiary/aromatic N) is 2. The van der Waals surface area contributed by atoms with Crippen LogP contribution < -0.4 is 5.32 Å². The lowest BCUT2D eigenvalue weighted by Gasteiger charge is -2.11. The van der Waals surface area contributed by atoms with E-state index in [9.17, 15) is 28.3 Å². The number of carbonyl (C=O) groups excluding carboxylic acids is 1. The summed E-state index contributed by atoms with van der Waals surface area (Å²) in [5.41, 5.74) is -0.0505. The molecule has 0 bridgehead atoms. The highest BCUT2D eigenvalue weighted by atomic mass is 19.4. The zero-order valence-corrected chi connectivity index (χ0v) is 14.8. The monoisotopic (exact) mass is 397 g/mol. The number of nitriles is 1. The Kier molecular flexibility index (Phi) is 5.41. The molecule has 0 unspecified atom stereocenters. The summed E-state index contributed by atoms with van der Waals surface area (Å²) in [6.45, 7) is 0. The molecule has 2 aromatic carbocycles. The fourth-order valence-electron chi connectivity index (χ4n) is 2.62. The summed E-state index contributed by atoms with van der Waals surface area (Å²) < 4.78 is 40.4. The number of anilines is 1. The summed E-state index contributed by atoms with van der Waals surface area (Å²) in [7, 11) is 0. The maximum atomic E-state index is 13.0. The van der Waals surface area contributed by atoms with Crippen molar-refractivity contribution in [2.75, 3.05) is 5.32 Å². The van der Waals surface area contributed by atoms with E-state index in [1.807, 2.05) is 0 Å². The molecule has 29 heavy (non-hydrogen) atoms. The lowest BCUT2D eigenvalue weighted by atomic mass is 10.1. The van der Waals surface area contributed by atoms with Gasteiger partial charge in [-0.1, -0.05) is 6.07 Å². The summed E-state index contributed by atoms with van der Waals surface area (Å²) in [6.07, 6.45) is -1.66. The molecular formula is C21H14F3N3O2.